The Balaban J connectivity index is 2.56. The van der Waals surface area contributed by atoms with Crippen molar-refractivity contribution in [1.29, 1.82) is 0 Å². The van der Waals surface area contributed by atoms with E-state index in [0.29, 0.717) is 5.56 Å². The fraction of sp³-hybridized carbons (Fsp3) is 0.538. The molecule has 0 saturated heterocycles. The lowest BCUT2D eigenvalue weighted by molar-refractivity contribution is -0.136. The monoisotopic (exact) mass is 261 g/mol. The average Bonchev–Trinajstić information content (AvgIpc) is 2.27. The van der Waals surface area contributed by atoms with Gasteiger partial charge < -0.3 is 10.0 Å². The third kappa shape index (κ3) is 4.96. The van der Waals surface area contributed by atoms with Gasteiger partial charge in [-0.05, 0) is 30.5 Å². The van der Waals surface area contributed by atoms with Crippen molar-refractivity contribution < 1.29 is 18.3 Å². The van der Waals surface area contributed by atoms with E-state index in [-0.39, 0.29) is 12.8 Å². The molecular weight excluding hydrogens is 243 g/mol. The van der Waals surface area contributed by atoms with Crippen LogP contribution in [-0.4, -0.2) is 25.4 Å². The molecule has 0 aromatic heterocycles. The van der Waals surface area contributed by atoms with Crippen LogP contribution in [0.4, 0.5) is 18.9 Å². The summed E-state index contributed by atoms with van der Waals surface area (Å²) in [6, 6.07) is 7.19. The van der Waals surface area contributed by atoms with Crippen LogP contribution >= 0.6 is 0 Å². The zero-order valence-electron chi connectivity index (χ0n) is 10.5. The summed E-state index contributed by atoms with van der Waals surface area (Å²) in [7, 11) is 3.74. The molecule has 5 heteroatoms. The molecule has 0 aliphatic rings. The largest absolute Gasteiger partial charge is 0.389 e. The topological polar surface area (TPSA) is 23.5 Å². The number of hydrogen-bond donors (Lipinski definition) is 1. The lowest BCUT2D eigenvalue weighted by Gasteiger charge is -2.16. The van der Waals surface area contributed by atoms with Crippen molar-refractivity contribution in [3.63, 3.8) is 0 Å². The fourth-order valence-corrected chi connectivity index (χ4v) is 1.67. The first kappa shape index (κ1) is 14.8. The number of benzene rings is 1. The molecule has 0 aliphatic carbocycles. The van der Waals surface area contributed by atoms with Gasteiger partial charge in [0.1, 0.15) is 0 Å². The highest BCUT2D eigenvalue weighted by Gasteiger charge is 2.26. The van der Waals surface area contributed by atoms with Crippen LogP contribution in [0.2, 0.25) is 0 Å². The number of aliphatic hydroxyl groups is 1. The molecule has 0 saturated carbocycles. The Hall–Kier alpha value is -1.23. The van der Waals surface area contributed by atoms with Crippen LogP contribution in [0.25, 0.3) is 0 Å². The van der Waals surface area contributed by atoms with Crippen LogP contribution in [0.15, 0.2) is 24.3 Å². The van der Waals surface area contributed by atoms with Gasteiger partial charge in [0.15, 0.2) is 0 Å². The summed E-state index contributed by atoms with van der Waals surface area (Å²) in [5.41, 5.74) is 1.57. The van der Waals surface area contributed by atoms with Gasteiger partial charge in [-0.25, -0.2) is 0 Å². The summed E-state index contributed by atoms with van der Waals surface area (Å²) >= 11 is 0. The van der Waals surface area contributed by atoms with E-state index < -0.39 is 18.7 Å². The van der Waals surface area contributed by atoms with Crippen molar-refractivity contribution in [2.24, 2.45) is 0 Å². The Bertz CT molecular complexity index is 377. The highest BCUT2D eigenvalue weighted by Crippen LogP contribution is 2.27. The van der Waals surface area contributed by atoms with Crippen LogP contribution < -0.4 is 4.90 Å². The molecule has 2 nitrogen and oxygen atoms in total. The summed E-state index contributed by atoms with van der Waals surface area (Å²) in [6.45, 7) is 0. The predicted molar refractivity (Wildman–Crippen MR) is 65.6 cm³/mol. The molecule has 1 rings (SSSR count). The summed E-state index contributed by atoms with van der Waals surface area (Å²) in [4.78, 5) is 1.88. The van der Waals surface area contributed by atoms with Crippen molar-refractivity contribution in [2.45, 2.75) is 31.5 Å². The van der Waals surface area contributed by atoms with Gasteiger partial charge in [0.25, 0.3) is 0 Å². The molecule has 102 valence electrons. The second-order valence-electron chi connectivity index (χ2n) is 4.51. The first-order chi connectivity index (χ1) is 8.29. The first-order valence-corrected chi connectivity index (χ1v) is 5.82. The van der Waals surface area contributed by atoms with E-state index in [0.717, 1.165) is 5.69 Å². The van der Waals surface area contributed by atoms with Gasteiger partial charge in [0.05, 0.1) is 6.10 Å². The maximum atomic E-state index is 12.0. The lowest BCUT2D eigenvalue weighted by Crippen LogP contribution is -2.10. The predicted octanol–water partition coefficient (Wildman–Crippen LogP) is 3.52. The van der Waals surface area contributed by atoms with Crippen molar-refractivity contribution >= 4 is 5.69 Å². The summed E-state index contributed by atoms with van der Waals surface area (Å²) in [5.74, 6) is 0. The smallest absolute Gasteiger partial charge is 0.388 e. The molecule has 0 bridgehead atoms. The third-order valence-corrected chi connectivity index (χ3v) is 2.71. The van der Waals surface area contributed by atoms with Crippen molar-refractivity contribution in [3.8, 4) is 0 Å². The summed E-state index contributed by atoms with van der Waals surface area (Å²) in [6.07, 6.45) is -5.78. The van der Waals surface area contributed by atoms with E-state index in [1.807, 2.05) is 25.1 Å². The van der Waals surface area contributed by atoms with Crippen LogP contribution in [0.3, 0.4) is 0 Å². The van der Waals surface area contributed by atoms with Crippen molar-refractivity contribution in [2.75, 3.05) is 19.0 Å². The average molecular weight is 261 g/mol. The Labute approximate surface area is 105 Å². The molecule has 1 aromatic rings. The van der Waals surface area contributed by atoms with Gasteiger partial charge in [-0.2, -0.15) is 13.2 Å². The van der Waals surface area contributed by atoms with Crippen LogP contribution in [0, 0.1) is 0 Å². The molecule has 0 fully saturated rings. The van der Waals surface area contributed by atoms with E-state index in [1.165, 1.54) is 0 Å². The van der Waals surface area contributed by atoms with Crippen LogP contribution in [-0.2, 0) is 0 Å². The quantitative estimate of drug-likeness (QED) is 0.876. The van der Waals surface area contributed by atoms with Gasteiger partial charge in [-0.1, -0.05) is 12.1 Å². The molecule has 0 aliphatic heterocycles. The summed E-state index contributed by atoms with van der Waals surface area (Å²) in [5, 5.41) is 9.84. The van der Waals surface area contributed by atoms with E-state index in [4.69, 9.17) is 0 Å². The van der Waals surface area contributed by atoms with Gasteiger partial charge in [-0.3, -0.25) is 0 Å². The molecule has 1 unspecified atom stereocenters. The normalized spacial score (nSPS) is 13.4. The van der Waals surface area contributed by atoms with E-state index in [1.54, 1.807) is 18.2 Å². The molecule has 0 radical (unpaired) electrons. The number of nitrogens with zero attached hydrogens (tertiary/aromatic N) is 1. The van der Waals surface area contributed by atoms with Gasteiger partial charge in [0.2, 0.25) is 0 Å². The third-order valence-electron chi connectivity index (χ3n) is 2.71. The van der Waals surface area contributed by atoms with Gasteiger partial charge in [0, 0.05) is 26.2 Å². The second-order valence-corrected chi connectivity index (χ2v) is 4.51. The molecule has 1 aromatic carbocycles. The molecule has 1 atom stereocenters. The first-order valence-electron chi connectivity index (χ1n) is 5.82. The standard InChI is InChI=1S/C13H18F3NO/c1-17(2)11-6-3-5-10(9-11)12(18)7-4-8-13(14,15)16/h3,5-6,9,12,18H,4,7-8H2,1-2H3. The molecule has 1 N–H and O–H groups in total. The highest BCUT2D eigenvalue weighted by molar-refractivity contribution is 5.47. The Morgan fingerprint density at radius 3 is 2.50 bits per heavy atom. The van der Waals surface area contributed by atoms with Gasteiger partial charge in [-0.15, -0.1) is 0 Å². The number of halogens is 3. The molecule has 0 heterocycles. The van der Waals surface area contributed by atoms with E-state index >= 15 is 0 Å². The van der Waals surface area contributed by atoms with E-state index in [9.17, 15) is 18.3 Å². The maximum Gasteiger partial charge on any atom is 0.389 e. The minimum atomic E-state index is -4.15. The molecule has 0 spiro atoms. The Morgan fingerprint density at radius 1 is 1.28 bits per heavy atom. The number of aliphatic hydroxyl groups excluding tert-OH is 1. The number of alkyl halides is 3. The molecular formula is C13H18F3NO. The minimum absolute atomic E-state index is 0.0587. The number of anilines is 1. The Kier molecular flexibility index (Phi) is 5.02. The Morgan fingerprint density at radius 2 is 1.94 bits per heavy atom. The zero-order valence-corrected chi connectivity index (χ0v) is 10.5. The highest BCUT2D eigenvalue weighted by atomic mass is 19.4. The van der Waals surface area contributed by atoms with Crippen LogP contribution in [0.1, 0.15) is 30.9 Å². The van der Waals surface area contributed by atoms with Crippen molar-refractivity contribution in [3.05, 3.63) is 29.8 Å². The minimum Gasteiger partial charge on any atom is -0.388 e. The van der Waals surface area contributed by atoms with E-state index in [2.05, 4.69) is 0 Å². The zero-order chi connectivity index (χ0) is 13.8. The molecule has 18 heavy (non-hydrogen) atoms. The second kappa shape index (κ2) is 6.09. The SMILES string of the molecule is CN(C)c1cccc(C(O)CCCC(F)(F)F)c1. The number of rotatable bonds is 5. The van der Waals surface area contributed by atoms with Gasteiger partial charge >= 0.3 is 6.18 Å². The van der Waals surface area contributed by atoms with Crippen molar-refractivity contribution in [1.82, 2.24) is 0 Å². The van der Waals surface area contributed by atoms with Crippen LogP contribution in [0.5, 0.6) is 0 Å². The molecule has 0 amide bonds. The maximum absolute atomic E-state index is 12.0. The lowest BCUT2D eigenvalue weighted by atomic mass is 10.0. The number of hydrogen-bond acceptors (Lipinski definition) is 2. The fourth-order valence-electron chi connectivity index (χ4n) is 1.67. The summed E-state index contributed by atoms with van der Waals surface area (Å²) < 4.78 is 36.0.